The molecule has 1 aromatic rings. The number of likely N-dealkylation sites (N-methyl/N-ethyl adjacent to an activating group) is 1. The molecule has 19 heavy (non-hydrogen) atoms. The molecular weight excluding hydrogens is 290 g/mol. The third kappa shape index (κ3) is 4.43. The van der Waals surface area contributed by atoms with Gasteiger partial charge in [-0.15, -0.1) is 12.4 Å². The minimum atomic E-state index is -2.35. The van der Waals surface area contributed by atoms with Crippen LogP contribution in [0.1, 0.15) is 12.8 Å². The fourth-order valence-electron chi connectivity index (χ4n) is 2.15. The second kappa shape index (κ2) is 7.20. The molecule has 7 nitrogen and oxygen atoms in total. The molecule has 1 fully saturated rings. The molecule has 1 aromatic heterocycles. The number of hydrogen-bond acceptors (Lipinski definition) is 5. The van der Waals surface area contributed by atoms with Gasteiger partial charge in [0, 0.05) is 19.6 Å². The second-order valence-corrected chi connectivity index (χ2v) is 5.41. The maximum absolute atomic E-state index is 11.3. The monoisotopic (exact) mass is 308 g/mol. The Bertz CT molecular complexity index is 430. The highest BCUT2D eigenvalue weighted by Gasteiger charge is 2.20. The van der Waals surface area contributed by atoms with Gasteiger partial charge in [-0.1, -0.05) is 0 Å². The van der Waals surface area contributed by atoms with Crippen molar-refractivity contribution in [2.75, 3.05) is 24.6 Å². The van der Waals surface area contributed by atoms with Crippen LogP contribution in [0.5, 0.6) is 0 Å². The summed E-state index contributed by atoms with van der Waals surface area (Å²) in [7, 11) is 3.79. The van der Waals surface area contributed by atoms with Crippen molar-refractivity contribution in [1.82, 2.24) is 20.1 Å². The summed E-state index contributed by atoms with van der Waals surface area (Å²) in [4.78, 5) is 2.19. The van der Waals surface area contributed by atoms with Gasteiger partial charge in [0.2, 0.25) is 0 Å². The first-order chi connectivity index (χ1) is 8.56. The number of nitrogens with zero attached hydrogens (tertiary/aromatic N) is 4. The number of nitrogens with one attached hydrogen (secondary N) is 1. The van der Waals surface area contributed by atoms with Gasteiger partial charge in [-0.05, 0) is 26.4 Å². The predicted molar refractivity (Wildman–Crippen MR) is 75.5 cm³/mol. The van der Waals surface area contributed by atoms with Crippen LogP contribution in [-0.2, 0) is 18.3 Å². The summed E-state index contributed by atoms with van der Waals surface area (Å²) in [5, 5.41) is 3.98. The zero-order chi connectivity index (χ0) is 13.1. The quantitative estimate of drug-likeness (QED) is 0.628. The molecule has 0 saturated carbocycles. The number of anilines is 1. The molecule has 1 aliphatic heterocycles. The Kier molecular flexibility index (Phi) is 6.21. The van der Waals surface area contributed by atoms with Crippen LogP contribution in [0.15, 0.2) is 12.4 Å². The third-order valence-corrected chi connectivity index (χ3v) is 3.61. The van der Waals surface area contributed by atoms with E-state index in [-0.39, 0.29) is 18.4 Å². The fraction of sp³-hybridized carbons (Fsp3) is 0.700. The van der Waals surface area contributed by atoms with Gasteiger partial charge in [0.1, 0.15) is 5.69 Å². The van der Waals surface area contributed by atoms with Crippen LogP contribution >= 0.6 is 12.4 Å². The summed E-state index contributed by atoms with van der Waals surface area (Å²) in [6, 6.07) is 0.141. The maximum Gasteiger partial charge on any atom is 0.104 e. The number of halogens is 1. The lowest BCUT2D eigenvalue weighted by Gasteiger charge is -2.35. The smallest absolute Gasteiger partial charge is 0.104 e. The van der Waals surface area contributed by atoms with Crippen molar-refractivity contribution < 1.29 is 8.76 Å². The molecule has 0 radical (unpaired) electrons. The molecule has 0 spiro atoms. The lowest BCUT2D eigenvalue weighted by atomic mass is 10.1. The highest BCUT2D eigenvalue weighted by molar-refractivity contribution is 7.80. The summed E-state index contributed by atoms with van der Waals surface area (Å²) in [6.07, 6.45) is 5.23. The first-order valence-electron chi connectivity index (χ1n) is 5.89. The zero-order valence-corrected chi connectivity index (χ0v) is 12.6. The average molecular weight is 309 g/mol. The zero-order valence-electron chi connectivity index (χ0n) is 11.0. The van der Waals surface area contributed by atoms with Crippen LogP contribution < -0.4 is 9.84 Å². The van der Waals surface area contributed by atoms with Gasteiger partial charge in [-0.25, -0.2) is 9.84 Å². The van der Waals surface area contributed by atoms with Crippen LogP contribution in [0.25, 0.3) is 0 Å². The van der Waals surface area contributed by atoms with Gasteiger partial charge < -0.3 is 9.45 Å². The Morgan fingerprint density at radius 2 is 2.32 bits per heavy atom. The van der Waals surface area contributed by atoms with Crippen LogP contribution in [0.3, 0.4) is 0 Å². The predicted octanol–water partition coefficient (Wildman–Crippen LogP) is 0.0412. The molecule has 0 amide bonds. The normalized spacial score (nSPS) is 21.7. The molecular formula is C10H19ClN5O2S-. The summed E-state index contributed by atoms with van der Waals surface area (Å²) < 4.78 is 25.3. The molecule has 0 aliphatic carbocycles. The second-order valence-electron chi connectivity index (χ2n) is 4.61. The fourth-order valence-corrected chi connectivity index (χ4v) is 2.66. The van der Waals surface area contributed by atoms with Gasteiger partial charge >= 0.3 is 0 Å². The molecule has 2 rings (SSSR count). The maximum atomic E-state index is 11.3. The van der Waals surface area contributed by atoms with Gasteiger partial charge in [0.05, 0.1) is 23.7 Å². The number of hydrazine groups is 1. The lowest BCUT2D eigenvalue weighted by molar-refractivity contribution is 0.229. The van der Waals surface area contributed by atoms with E-state index in [9.17, 15) is 8.76 Å². The summed E-state index contributed by atoms with van der Waals surface area (Å²) in [6.45, 7) is 1.90. The molecule has 1 aliphatic rings. The van der Waals surface area contributed by atoms with Crippen molar-refractivity contribution >= 4 is 29.4 Å². The molecule has 1 saturated heterocycles. The van der Waals surface area contributed by atoms with E-state index in [4.69, 9.17) is 0 Å². The van der Waals surface area contributed by atoms with E-state index in [0.29, 0.717) is 5.69 Å². The molecule has 9 heteroatoms. The van der Waals surface area contributed by atoms with E-state index in [1.165, 1.54) is 6.20 Å². The Morgan fingerprint density at radius 1 is 1.58 bits per heavy atom. The van der Waals surface area contributed by atoms with Crippen molar-refractivity contribution in [2.24, 2.45) is 7.05 Å². The minimum absolute atomic E-state index is 0. The molecule has 0 bridgehead atoms. The first-order valence-corrected chi connectivity index (χ1v) is 6.92. The van der Waals surface area contributed by atoms with E-state index >= 15 is 0 Å². The molecule has 1 N–H and O–H groups in total. The van der Waals surface area contributed by atoms with E-state index in [0.717, 1.165) is 30.3 Å². The Hall–Kier alpha value is -0.670. The average Bonchev–Trinajstić information content (AvgIpc) is 2.72. The van der Waals surface area contributed by atoms with E-state index in [1.807, 2.05) is 7.05 Å². The highest BCUT2D eigenvalue weighted by atomic mass is 35.5. The highest BCUT2D eigenvalue weighted by Crippen LogP contribution is 2.14. The van der Waals surface area contributed by atoms with Gasteiger partial charge in [0.15, 0.2) is 0 Å². The van der Waals surface area contributed by atoms with Crippen molar-refractivity contribution in [3.8, 4) is 0 Å². The van der Waals surface area contributed by atoms with Gasteiger partial charge in [-0.3, -0.25) is 8.89 Å². The number of aryl methyl sites for hydroxylation is 1. The molecule has 2 atom stereocenters. The standard InChI is InChI=1S/C10H19N5O2S.ClH/c1-13-5-3-4-9(7-13)12-15(18(16)17)10-6-11-14(2)8-10;/h6,8-9,12H,3-5,7H2,1-2H3,(H,16,17);1H/p-1/t9-;/m1./s1. The van der Waals surface area contributed by atoms with E-state index in [2.05, 4.69) is 15.4 Å². The number of hydrogen-bond donors (Lipinski definition) is 1. The first kappa shape index (κ1) is 16.4. The Balaban J connectivity index is 0.00000180. The van der Waals surface area contributed by atoms with Gasteiger partial charge in [-0.2, -0.15) is 5.10 Å². The number of aromatic nitrogens is 2. The minimum Gasteiger partial charge on any atom is -0.754 e. The molecule has 110 valence electrons. The number of likely N-dealkylation sites (tertiary alicyclic amines) is 1. The van der Waals surface area contributed by atoms with Crippen molar-refractivity contribution in [1.29, 1.82) is 0 Å². The SMILES string of the molecule is CN1CCC[C@@H](NN(c2cnn(C)c2)S(=O)[O-])C1.Cl. The van der Waals surface area contributed by atoms with Crippen LogP contribution in [0, 0.1) is 0 Å². The lowest BCUT2D eigenvalue weighted by Crippen LogP contribution is -2.52. The van der Waals surface area contributed by atoms with Crippen molar-refractivity contribution in [3.63, 3.8) is 0 Å². The van der Waals surface area contributed by atoms with Crippen LogP contribution in [-0.4, -0.2) is 49.6 Å². The molecule has 2 heterocycles. The van der Waals surface area contributed by atoms with Crippen LogP contribution in [0.2, 0.25) is 0 Å². The molecule has 1 unspecified atom stereocenters. The topological polar surface area (TPSA) is 76.5 Å². The Morgan fingerprint density at radius 3 is 2.84 bits per heavy atom. The number of rotatable bonds is 4. The Labute approximate surface area is 121 Å². The third-order valence-electron chi connectivity index (χ3n) is 3.00. The molecule has 0 aromatic carbocycles. The van der Waals surface area contributed by atoms with E-state index < -0.39 is 11.3 Å². The summed E-state index contributed by atoms with van der Waals surface area (Å²) in [5.41, 5.74) is 3.57. The largest absolute Gasteiger partial charge is 0.754 e. The number of piperidine rings is 1. The summed E-state index contributed by atoms with van der Waals surface area (Å²) in [5.74, 6) is 0. The van der Waals surface area contributed by atoms with Crippen molar-refractivity contribution in [3.05, 3.63) is 12.4 Å². The van der Waals surface area contributed by atoms with Gasteiger partial charge in [0.25, 0.3) is 0 Å². The van der Waals surface area contributed by atoms with Crippen molar-refractivity contribution in [2.45, 2.75) is 18.9 Å². The summed E-state index contributed by atoms with van der Waals surface area (Å²) >= 11 is -2.35. The van der Waals surface area contributed by atoms with E-state index in [1.54, 1.807) is 17.9 Å². The van der Waals surface area contributed by atoms with Crippen LogP contribution in [0.4, 0.5) is 5.69 Å².